The van der Waals surface area contributed by atoms with Gasteiger partial charge in [-0.05, 0) is 5.57 Å². The number of β-lactam (4-membered cyclic amide) rings is 1. The predicted octanol–water partition coefficient (Wildman–Crippen LogP) is 1.21. The van der Waals surface area contributed by atoms with Crippen LogP contribution in [-0.2, 0) is 24.0 Å². The van der Waals surface area contributed by atoms with Gasteiger partial charge in [-0.1, -0.05) is 44.2 Å². The van der Waals surface area contributed by atoms with Gasteiger partial charge in [0.15, 0.2) is 15.2 Å². The molecule has 36 heavy (non-hydrogen) atoms. The summed E-state index contributed by atoms with van der Waals surface area (Å²) in [6.07, 6.45) is 0.455. The Kier molecular flexibility index (Phi) is 8.94. The summed E-state index contributed by atoms with van der Waals surface area (Å²) in [4.78, 5) is 59.2. The highest BCUT2D eigenvalue weighted by Crippen LogP contribution is 2.41. The first-order chi connectivity index (χ1) is 17.4. The molecule has 2 aliphatic rings. The van der Waals surface area contributed by atoms with Crippen LogP contribution < -0.4 is 10.6 Å². The monoisotopic (exact) mass is 633 g/mol. The number of thiazole rings is 1. The molecule has 1 unspecified atom stereocenters. The third-order valence-electron chi connectivity index (χ3n) is 4.71. The highest BCUT2D eigenvalue weighted by Gasteiger charge is 2.54. The normalized spacial score (nSPS) is 19.4. The molecule has 2 aromatic heterocycles. The average Bonchev–Trinajstić information content (AvgIpc) is 3.55. The maximum Gasteiger partial charge on any atom is 0.352 e. The summed E-state index contributed by atoms with van der Waals surface area (Å²) in [6.45, 7) is 0.180. The summed E-state index contributed by atoms with van der Waals surface area (Å²) >= 11 is 8.33. The SMILES string of the molecule is O=CNc1nc(C(=NOCCBr)C(=O)NC2C(=O)N3C(C(=O)O)=C(CSc4nncs4)CS[C@@H]23)cs1. The van der Waals surface area contributed by atoms with E-state index < -0.39 is 29.2 Å². The molecule has 3 amide bonds. The first-order valence-electron chi connectivity index (χ1n) is 9.96. The van der Waals surface area contributed by atoms with Gasteiger partial charge in [-0.15, -0.1) is 33.3 Å². The Balaban J connectivity index is 1.49. The van der Waals surface area contributed by atoms with Crippen LogP contribution in [-0.4, -0.2) is 90.0 Å². The fraction of sp³-hybridized carbons (Fsp3) is 0.333. The number of hydrogen-bond acceptors (Lipinski definition) is 13. The lowest BCUT2D eigenvalue weighted by Gasteiger charge is -2.49. The van der Waals surface area contributed by atoms with E-state index in [-0.39, 0.29) is 28.8 Å². The smallest absolute Gasteiger partial charge is 0.352 e. The van der Waals surface area contributed by atoms with Crippen molar-refractivity contribution < 1.29 is 29.1 Å². The average molecular weight is 635 g/mol. The van der Waals surface area contributed by atoms with Gasteiger partial charge in [0.2, 0.25) is 6.41 Å². The van der Waals surface area contributed by atoms with Gasteiger partial charge in [-0.25, -0.2) is 9.78 Å². The summed E-state index contributed by atoms with van der Waals surface area (Å²) in [6, 6.07) is -0.957. The number of carbonyl (C=O) groups excluding carboxylic acids is 3. The molecule has 2 aliphatic heterocycles. The molecule has 0 aromatic carbocycles. The Bertz CT molecular complexity index is 1220. The van der Waals surface area contributed by atoms with E-state index in [0.717, 1.165) is 11.3 Å². The zero-order chi connectivity index (χ0) is 25.7. The number of alkyl halides is 1. The molecule has 2 atom stereocenters. The standard InChI is InChI=1S/C18H16BrN7O6S4/c19-1-2-32-25-10(9-5-34-17(22-9)20-6-27)13(28)23-11-14(29)26-12(16(30)31)8(3-33-15(11)26)4-35-18-24-21-7-36-18/h5-7,11,15H,1-4H2,(H,23,28)(H,30,31)(H,20,22,27)/t11?,15-/m0/s1. The van der Waals surface area contributed by atoms with E-state index in [4.69, 9.17) is 4.84 Å². The van der Waals surface area contributed by atoms with Gasteiger partial charge in [0.1, 0.15) is 34.9 Å². The van der Waals surface area contributed by atoms with E-state index in [2.05, 4.69) is 46.9 Å². The Labute approximate surface area is 228 Å². The minimum absolute atomic E-state index is 0.0788. The number of hydrogen-bond donors (Lipinski definition) is 3. The second-order valence-electron chi connectivity index (χ2n) is 6.87. The van der Waals surface area contributed by atoms with E-state index in [0.29, 0.717) is 33.2 Å². The van der Waals surface area contributed by atoms with Crippen molar-refractivity contribution in [2.45, 2.75) is 15.8 Å². The maximum atomic E-state index is 13.1. The summed E-state index contributed by atoms with van der Waals surface area (Å²) in [5.41, 5.74) is 2.07. The van der Waals surface area contributed by atoms with Crippen LogP contribution in [0.25, 0.3) is 0 Å². The molecule has 18 heteroatoms. The number of carbonyl (C=O) groups is 4. The van der Waals surface area contributed by atoms with E-state index in [9.17, 15) is 24.3 Å². The van der Waals surface area contributed by atoms with Crippen LogP contribution in [0.15, 0.2) is 31.7 Å². The van der Waals surface area contributed by atoms with Crippen LogP contribution in [0.1, 0.15) is 5.69 Å². The lowest BCUT2D eigenvalue weighted by molar-refractivity contribution is -0.150. The van der Waals surface area contributed by atoms with E-state index in [1.165, 1.54) is 45.1 Å². The summed E-state index contributed by atoms with van der Waals surface area (Å²) in [7, 11) is 0. The number of halogens is 1. The van der Waals surface area contributed by atoms with Gasteiger partial charge in [0, 0.05) is 22.2 Å². The van der Waals surface area contributed by atoms with Crippen LogP contribution in [0.5, 0.6) is 0 Å². The number of oxime groups is 1. The summed E-state index contributed by atoms with van der Waals surface area (Å²) in [5.74, 6) is -1.76. The largest absolute Gasteiger partial charge is 0.477 e. The van der Waals surface area contributed by atoms with Gasteiger partial charge in [-0.3, -0.25) is 19.3 Å². The van der Waals surface area contributed by atoms with Crippen LogP contribution in [0.2, 0.25) is 0 Å². The number of carboxylic acid groups (broad SMARTS) is 1. The Morgan fingerprint density at radius 2 is 2.25 bits per heavy atom. The molecule has 2 aromatic rings. The molecule has 0 bridgehead atoms. The summed E-state index contributed by atoms with van der Waals surface area (Å²) in [5, 5.41) is 28.0. The number of amides is 3. The highest BCUT2D eigenvalue weighted by molar-refractivity contribution is 9.09. The van der Waals surface area contributed by atoms with Crippen LogP contribution >= 0.6 is 62.1 Å². The second-order valence-corrected chi connectivity index (χ2v) is 11.7. The summed E-state index contributed by atoms with van der Waals surface area (Å²) < 4.78 is 0.696. The van der Waals surface area contributed by atoms with Crippen molar-refractivity contribution in [3.05, 3.63) is 27.9 Å². The highest BCUT2D eigenvalue weighted by atomic mass is 79.9. The third kappa shape index (κ3) is 5.72. The number of carboxylic acids is 1. The Morgan fingerprint density at radius 1 is 1.42 bits per heavy atom. The molecule has 3 N–H and O–H groups in total. The van der Waals surface area contributed by atoms with Crippen molar-refractivity contribution in [1.82, 2.24) is 25.4 Å². The first-order valence-corrected chi connectivity index (χ1v) is 14.9. The molecular formula is C18H16BrN7O6S4. The van der Waals surface area contributed by atoms with Crippen LogP contribution in [0.4, 0.5) is 5.13 Å². The number of aliphatic carboxylic acids is 1. The molecule has 4 heterocycles. The van der Waals surface area contributed by atoms with Crippen molar-refractivity contribution in [2.24, 2.45) is 5.16 Å². The lowest BCUT2D eigenvalue weighted by atomic mass is 10.0. The number of nitrogens with one attached hydrogen (secondary N) is 2. The minimum Gasteiger partial charge on any atom is -0.477 e. The van der Waals surface area contributed by atoms with Crippen LogP contribution in [0.3, 0.4) is 0 Å². The molecule has 1 fully saturated rings. The molecule has 0 aliphatic carbocycles. The van der Waals surface area contributed by atoms with Gasteiger partial charge < -0.3 is 20.6 Å². The number of anilines is 1. The van der Waals surface area contributed by atoms with Crippen molar-refractivity contribution in [3.8, 4) is 0 Å². The molecule has 4 rings (SSSR count). The maximum absolute atomic E-state index is 13.1. The van der Waals surface area contributed by atoms with Gasteiger partial charge in [0.05, 0.1) is 0 Å². The molecule has 1 saturated heterocycles. The van der Waals surface area contributed by atoms with E-state index >= 15 is 0 Å². The molecule has 0 radical (unpaired) electrons. The zero-order valence-electron chi connectivity index (χ0n) is 18.0. The quantitative estimate of drug-likeness (QED) is 0.0582. The van der Waals surface area contributed by atoms with Gasteiger partial charge >= 0.3 is 5.97 Å². The first kappa shape index (κ1) is 26.5. The third-order valence-corrected chi connectivity index (χ3v) is 9.10. The zero-order valence-corrected chi connectivity index (χ0v) is 22.8. The molecule has 13 nitrogen and oxygen atoms in total. The molecule has 0 saturated carbocycles. The van der Waals surface area contributed by atoms with Crippen LogP contribution in [0, 0.1) is 0 Å². The van der Waals surface area contributed by atoms with E-state index in [1.54, 1.807) is 5.51 Å². The number of rotatable bonds is 12. The second kappa shape index (κ2) is 12.1. The molecule has 190 valence electrons. The molecule has 0 spiro atoms. The number of aromatic nitrogens is 3. The van der Waals surface area contributed by atoms with Crippen molar-refractivity contribution in [1.29, 1.82) is 0 Å². The van der Waals surface area contributed by atoms with E-state index in [1.807, 2.05) is 0 Å². The van der Waals surface area contributed by atoms with Crippen molar-refractivity contribution in [3.63, 3.8) is 0 Å². The van der Waals surface area contributed by atoms with Gasteiger partial charge in [0.25, 0.3) is 11.8 Å². The fourth-order valence-corrected chi connectivity index (χ4v) is 7.00. The predicted molar refractivity (Wildman–Crippen MR) is 138 cm³/mol. The van der Waals surface area contributed by atoms with Gasteiger partial charge in [-0.2, -0.15) is 0 Å². The number of nitrogens with zero attached hydrogens (tertiary/aromatic N) is 5. The Morgan fingerprint density at radius 3 is 2.94 bits per heavy atom. The fourth-order valence-electron chi connectivity index (χ4n) is 3.23. The molecular weight excluding hydrogens is 618 g/mol. The lowest BCUT2D eigenvalue weighted by Crippen LogP contribution is -2.71. The topological polar surface area (TPSA) is 176 Å². The Hall–Kier alpha value is -2.54. The number of fused-ring (bicyclic) bond motifs is 1. The number of thioether (sulfide) groups is 2. The van der Waals surface area contributed by atoms with Crippen molar-refractivity contribution in [2.75, 3.05) is 28.8 Å². The minimum atomic E-state index is -1.21. The van der Waals surface area contributed by atoms with Crippen molar-refractivity contribution >= 4 is 97.2 Å².